The molecule has 5 nitrogen and oxygen atoms in total. The van der Waals surface area contributed by atoms with Gasteiger partial charge in [0.25, 0.3) is 0 Å². The largest absolute Gasteiger partial charge is 0.445 e. The van der Waals surface area contributed by atoms with Crippen molar-refractivity contribution in [2.45, 2.75) is 6.18 Å². The molecular formula is C16H10ClF3N4OS. The second-order valence-corrected chi connectivity index (χ2v) is 6.38. The number of amides is 2. The van der Waals surface area contributed by atoms with Crippen LogP contribution in [0.1, 0.15) is 5.01 Å². The van der Waals surface area contributed by atoms with Crippen LogP contribution in [-0.4, -0.2) is 15.8 Å². The summed E-state index contributed by atoms with van der Waals surface area (Å²) in [6.45, 7) is 0. The van der Waals surface area contributed by atoms with Crippen LogP contribution in [0.4, 0.5) is 23.7 Å². The van der Waals surface area contributed by atoms with Gasteiger partial charge in [-0.05, 0) is 36.4 Å². The van der Waals surface area contributed by atoms with E-state index in [1.807, 2.05) is 0 Å². The van der Waals surface area contributed by atoms with E-state index in [-0.39, 0.29) is 16.1 Å². The number of para-hydroxylation sites is 1. The maximum Gasteiger partial charge on any atom is 0.445 e. The van der Waals surface area contributed by atoms with Gasteiger partial charge in [0.15, 0.2) is 0 Å². The van der Waals surface area contributed by atoms with E-state index in [0.717, 1.165) is 4.68 Å². The Balaban J connectivity index is 1.99. The molecule has 2 aromatic carbocycles. The van der Waals surface area contributed by atoms with E-state index in [1.54, 1.807) is 54.6 Å². The molecule has 0 saturated carbocycles. The molecule has 134 valence electrons. The fourth-order valence-electron chi connectivity index (χ4n) is 1.98. The Morgan fingerprint density at radius 3 is 2.38 bits per heavy atom. The first-order chi connectivity index (χ1) is 12.3. The van der Waals surface area contributed by atoms with E-state index >= 15 is 0 Å². The van der Waals surface area contributed by atoms with Gasteiger partial charge in [0.1, 0.15) is 0 Å². The summed E-state index contributed by atoms with van der Waals surface area (Å²) in [6, 6.07) is 13.5. The SMILES string of the molecule is O=C(/N=c1\sc(C(F)(F)F)nn1-c1ccccc1)Nc1ccc(Cl)cc1. The standard InChI is InChI=1S/C16H10ClF3N4OS/c17-10-6-8-11(9-7-10)21-14(25)22-15-24(12-4-2-1-3-5-12)23-13(26-15)16(18,19)20/h1-9H,(H,21,25)/b22-15-. The Bertz CT molecular complexity index is 981. The van der Waals surface area contributed by atoms with Crippen molar-refractivity contribution in [2.24, 2.45) is 4.99 Å². The van der Waals surface area contributed by atoms with Gasteiger partial charge in [-0.3, -0.25) is 0 Å². The molecule has 0 atom stereocenters. The van der Waals surface area contributed by atoms with E-state index in [2.05, 4.69) is 15.4 Å². The highest BCUT2D eigenvalue weighted by Gasteiger charge is 2.36. The Labute approximate surface area is 154 Å². The molecule has 0 radical (unpaired) electrons. The van der Waals surface area contributed by atoms with Crippen LogP contribution in [0.2, 0.25) is 5.02 Å². The topological polar surface area (TPSA) is 59.3 Å². The summed E-state index contributed by atoms with van der Waals surface area (Å²) in [5.41, 5.74) is 0.771. The molecule has 0 aliphatic carbocycles. The molecule has 2 amide bonds. The minimum absolute atomic E-state index is 0.199. The first-order valence-corrected chi connectivity index (χ1v) is 8.36. The van der Waals surface area contributed by atoms with Crippen LogP contribution in [0.3, 0.4) is 0 Å². The van der Waals surface area contributed by atoms with Gasteiger partial charge >= 0.3 is 12.2 Å². The number of anilines is 1. The number of rotatable bonds is 2. The van der Waals surface area contributed by atoms with Crippen molar-refractivity contribution in [3.8, 4) is 5.69 Å². The summed E-state index contributed by atoms with van der Waals surface area (Å²) in [4.78, 5) is 15.6. The van der Waals surface area contributed by atoms with Gasteiger partial charge in [0.05, 0.1) is 5.69 Å². The van der Waals surface area contributed by atoms with Crippen molar-refractivity contribution >= 4 is 34.7 Å². The minimum atomic E-state index is -4.64. The molecule has 0 spiro atoms. The number of carbonyl (C=O) groups excluding carboxylic acids is 1. The lowest BCUT2D eigenvalue weighted by atomic mass is 10.3. The van der Waals surface area contributed by atoms with Crippen LogP contribution in [0.5, 0.6) is 0 Å². The number of nitrogens with zero attached hydrogens (tertiary/aromatic N) is 3. The van der Waals surface area contributed by atoms with Crippen molar-refractivity contribution in [3.63, 3.8) is 0 Å². The number of halogens is 4. The van der Waals surface area contributed by atoms with Crippen molar-refractivity contribution in [3.05, 3.63) is 69.4 Å². The lowest BCUT2D eigenvalue weighted by molar-refractivity contribution is -0.138. The molecule has 0 saturated heterocycles. The highest BCUT2D eigenvalue weighted by molar-refractivity contribution is 7.09. The zero-order valence-corrected chi connectivity index (χ0v) is 14.4. The summed E-state index contributed by atoms with van der Waals surface area (Å²) in [5.74, 6) is 0. The number of benzene rings is 2. The molecular weight excluding hydrogens is 389 g/mol. The fourth-order valence-corrected chi connectivity index (χ4v) is 2.88. The van der Waals surface area contributed by atoms with E-state index in [4.69, 9.17) is 11.6 Å². The summed E-state index contributed by atoms with van der Waals surface area (Å²) in [6.07, 6.45) is -4.64. The van der Waals surface area contributed by atoms with Gasteiger partial charge < -0.3 is 5.32 Å². The van der Waals surface area contributed by atoms with Gasteiger partial charge in [0.2, 0.25) is 9.81 Å². The molecule has 3 aromatic rings. The van der Waals surface area contributed by atoms with Crippen molar-refractivity contribution in [1.82, 2.24) is 9.78 Å². The highest BCUT2D eigenvalue weighted by Crippen LogP contribution is 2.29. The van der Waals surface area contributed by atoms with E-state index in [9.17, 15) is 18.0 Å². The zero-order chi connectivity index (χ0) is 18.7. The monoisotopic (exact) mass is 398 g/mol. The predicted octanol–water partition coefficient (Wildman–Crippen LogP) is 4.74. The van der Waals surface area contributed by atoms with Crippen LogP contribution < -0.4 is 10.1 Å². The Morgan fingerprint density at radius 2 is 1.77 bits per heavy atom. The normalized spacial score (nSPS) is 12.2. The first-order valence-electron chi connectivity index (χ1n) is 7.17. The third-order valence-corrected chi connectivity index (χ3v) is 4.30. The van der Waals surface area contributed by atoms with E-state index < -0.39 is 17.2 Å². The third kappa shape index (κ3) is 4.30. The van der Waals surface area contributed by atoms with E-state index in [1.165, 1.54) is 0 Å². The second-order valence-electron chi connectivity index (χ2n) is 4.98. The summed E-state index contributed by atoms with van der Waals surface area (Å²) in [5, 5.41) is 5.39. The van der Waals surface area contributed by atoms with Crippen LogP contribution in [0.25, 0.3) is 5.69 Å². The van der Waals surface area contributed by atoms with Gasteiger partial charge in [-0.2, -0.15) is 18.2 Å². The molecule has 10 heteroatoms. The maximum absolute atomic E-state index is 13.0. The summed E-state index contributed by atoms with van der Waals surface area (Å²) >= 11 is 6.04. The number of urea groups is 1. The van der Waals surface area contributed by atoms with Crippen molar-refractivity contribution in [2.75, 3.05) is 5.32 Å². The van der Waals surface area contributed by atoms with E-state index in [0.29, 0.717) is 16.4 Å². The second kappa shape index (κ2) is 7.30. The van der Waals surface area contributed by atoms with Crippen LogP contribution in [0.15, 0.2) is 59.6 Å². The average molecular weight is 399 g/mol. The molecule has 1 heterocycles. The fraction of sp³-hybridized carbons (Fsp3) is 0.0625. The molecule has 1 aromatic heterocycles. The van der Waals surface area contributed by atoms with Crippen LogP contribution in [-0.2, 0) is 6.18 Å². The molecule has 3 rings (SSSR count). The minimum Gasteiger partial charge on any atom is -0.306 e. The number of alkyl halides is 3. The smallest absolute Gasteiger partial charge is 0.306 e. The van der Waals surface area contributed by atoms with Crippen LogP contribution >= 0.6 is 22.9 Å². The predicted molar refractivity (Wildman–Crippen MR) is 92.5 cm³/mol. The molecule has 0 aliphatic heterocycles. The number of aromatic nitrogens is 2. The van der Waals surface area contributed by atoms with Gasteiger partial charge in [-0.1, -0.05) is 41.1 Å². The number of nitrogens with one attached hydrogen (secondary N) is 1. The maximum atomic E-state index is 13.0. The lowest BCUT2D eigenvalue weighted by Crippen LogP contribution is -2.19. The van der Waals surface area contributed by atoms with Crippen LogP contribution in [0, 0.1) is 0 Å². The highest BCUT2D eigenvalue weighted by atomic mass is 35.5. The third-order valence-electron chi connectivity index (χ3n) is 3.10. The quantitative estimate of drug-likeness (QED) is 0.677. The molecule has 0 bridgehead atoms. The summed E-state index contributed by atoms with van der Waals surface area (Å²) in [7, 11) is 0. The number of carbonyl (C=O) groups is 1. The molecule has 0 unspecified atom stereocenters. The van der Waals surface area contributed by atoms with Gasteiger partial charge in [-0.15, -0.1) is 5.10 Å². The Morgan fingerprint density at radius 1 is 1.12 bits per heavy atom. The molecule has 26 heavy (non-hydrogen) atoms. The lowest BCUT2D eigenvalue weighted by Gasteiger charge is -2.02. The first kappa shape index (κ1) is 18.2. The zero-order valence-electron chi connectivity index (χ0n) is 12.9. The molecule has 1 N–H and O–H groups in total. The van der Waals surface area contributed by atoms with Crippen molar-refractivity contribution < 1.29 is 18.0 Å². The Kier molecular flexibility index (Phi) is 5.10. The molecule has 0 fully saturated rings. The number of hydrogen-bond donors (Lipinski definition) is 1. The number of hydrogen-bond acceptors (Lipinski definition) is 3. The summed E-state index contributed by atoms with van der Waals surface area (Å²) < 4.78 is 40.0. The van der Waals surface area contributed by atoms with Gasteiger partial charge in [0, 0.05) is 10.7 Å². The van der Waals surface area contributed by atoms with Gasteiger partial charge in [-0.25, -0.2) is 9.48 Å². The average Bonchev–Trinajstić information content (AvgIpc) is 3.02. The Hall–Kier alpha value is -2.65. The van der Waals surface area contributed by atoms with Crippen molar-refractivity contribution in [1.29, 1.82) is 0 Å². The molecule has 0 aliphatic rings.